The van der Waals surface area contributed by atoms with Crippen LogP contribution in [0.5, 0.6) is 0 Å². The number of nitrogens with zero attached hydrogens (tertiary/aromatic N) is 2. The van der Waals surface area contributed by atoms with E-state index in [-0.39, 0.29) is 0 Å². The number of hydrogen-bond donors (Lipinski definition) is 1. The van der Waals surface area contributed by atoms with Gasteiger partial charge >= 0.3 is 0 Å². The van der Waals surface area contributed by atoms with E-state index in [2.05, 4.69) is 25.9 Å². The summed E-state index contributed by atoms with van der Waals surface area (Å²) in [6.07, 6.45) is 1.10. The Hall–Kier alpha value is -0.970. The van der Waals surface area contributed by atoms with Crippen LogP contribution in [-0.2, 0) is 0 Å². The lowest BCUT2D eigenvalue weighted by Crippen LogP contribution is -2.01. The molecule has 0 radical (unpaired) electrons. The molecule has 94 valence electrons. The summed E-state index contributed by atoms with van der Waals surface area (Å²) < 4.78 is 0.808. The van der Waals surface area contributed by atoms with Crippen molar-refractivity contribution < 1.29 is 5.11 Å². The van der Waals surface area contributed by atoms with Crippen molar-refractivity contribution in [3.05, 3.63) is 45.1 Å². The van der Waals surface area contributed by atoms with Crippen molar-refractivity contribution in [2.24, 2.45) is 0 Å². The molecule has 18 heavy (non-hydrogen) atoms. The molecule has 1 N–H and O–H groups in total. The molecule has 0 saturated heterocycles. The van der Waals surface area contributed by atoms with Gasteiger partial charge in [-0.1, -0.05) is 11.6 Å². The predicted octanol–water partition coefficient (Wildman–Crippen LogP) is 3.92. The molecule has 1 aromatic heterocycles. The van der Waals surface area contributed by atoms with E-state index < -0.39 is 6.10 Å². The van der Waals surface area contributed by atoms with E-state index >= 15 is 0 Å². The lowest BCUT2D eigenvalue weighted by molar-refractivity contribution is 0.197. The fraction of sp³-hybridized carbons (Fsp3) is 0.231. The maximum absolute atomic E-state index is 9.54. The number of aliphatic hydroxyl groups excluding tert-OH is 1. The van der Waals surface area contributed by atoms with E-state index in [1.807, 2.05) is 19.1 Å². The van der Waals surface area contributed by atoms with Crippen LogP contribution in [0.25, 0.3) is 11.4 Å². The third kappa shape index (κ3) is 2.71. The number of rotatable bonds is 2. The first kappa shape index (κ1) is 13.5. The van der Waals surface area contributed by atoms with Gasteiger partial charge < -0.3 is 5.11 Å². The van der Waals surface area contributed by atoms with Crippen LogP contribution < -0.4 is 0 Å². The average Bonchev–Trinajstić information content (AvgIpc) is 2.32. The van der Waals surface area contributed by atoms with E-state index in [1.165, 1.54) is 0 Å². The zero-order valence-corrected chi connectivity index (χ0v) is 12.3. The SMILES string of the molecule is Cc1nc(-c2ccc(Cl)c(Br)c2)ncc1[C@H](C)O. The minimum Gasteiger partial charge on any atom is -0.389 e. The summed E-state index contributed by atoms with van der Waals surface area (Å²) in [7, 11) is 0. The van der Waals surface area contributed by atoms with Crippen LogP contribution in [0.1, 0.15) is 24.3 Å². The second-order valence-electron chi connectivity index (χ2n) is 4.04. The molecular weight excluding hydrogens is 316 g/mol. The highest BCUT2D eigenvalue weighted by atomic mass is 79.9. The molecule has 0 aliphatic rings. The molecule has 3 nitrogen and oxygen atoms in total. The second-order valence-corrected chi connectivity index (χ2v) is 5.30. The molecular formula is C13H12BrClN2O. The topological polar surface area (TPSA) is 46.0 Å². The fourth-order valence-corrected chi connectivity index (χ4v) is 2.16. The van der Waals surface area contributed by atoms with Crippen molar-refractivity contribution in [3.8, 4) is 11.4 Å². The van der Waals surface area contributed by atoms with Crippen LogP contribution >= 0.6 is 27.5 Å². The molecule has 0 amide bonds. The van der Waals surface area contributed by atoms with E-state index in [9.17, 15) is 5.11 Å². The van der Waals surface area contributed by atoms with Crippen LogP contribution in [-0.4, -0.2) is 15.1 Å². The molecule has 5 heteroatoms. The molecule has 2 rings (SSSR count). The molecule has 0 saturated carbocycles. The molecule has 0 spiro atoms. The van der Waals surface area contributed by atoms with Gasteiger partial charge in [-0.25, -0.2) is 9.97 Å². The van der Waals surface area contributed by atoms with Gasteiger partial charge in [-0.05, 0) is 48.0 Å². The number of hydrogen-bond acceptors (Lipinski definition) is 3. The molecule has 0 bridgehead atoms. The van der Waals surface area contributed by atoms with Gasteiger partial charge in [0.15, 0.2) is 5.82 Å². The zero-order valence-electron chi connectivity index (χ0n) is 9.98. The highest BCUT2D eigenvalue weighted by Gasteiger charge is 2.10. The van der Waals surface area contributed by atoms with Gasteiger partial charge in [-0.15, -0.1) is 0 Å². The third-order valence-corrected chi connectivity index (χ3v) is 3.86. The van der Waals surface area contributed by atoms with Gasteiger partial charge in [-0.2, -0.15) is 0 Å². The Bertz CT molecular complexity index is 587. The average molecular weight is 328 g/mol. The monoisotopic (exact) mass is 326 g/mol. The van der Waals surface area contributed by atoms with Crippen molar-refractivity contribution in [3.63, 3.8) is 0 Å². The van der Waals surface area contributed by atoms with Gasteiger partial charge in [0.1, 0.15) is 0 Å². The van der Waals surface area contributed by atoms with Crippen LogP contribution in [0.15, 0.2) is 28.9 Å². The van der Waals surface area contributed by atoms with Crippen molar-refractivity contribution in [1.29, 1.82) is 0 Å². The summed E-state index contributed by atoms with van der Waals surface area (Å²) in [5, 5.41) is 10.2. The van der Waals surface area contributed by atoms with E-state index in [4.69, 9.17) is 11.6 Å². The predicted molar refractivity (Wildman–Crippen MR) is 75.5 cm³/mol. The first-order chi connectivity index (χ1) is 8.49. The number of aryl methyl sites for hydroxylation is 1. The van der Waals surface area contributed by atoms with Gasteiger partial charge in [0.2, 0.25) is 0 Å². The summed E-state index contributed by atoms with van der Waals surface area (Å²) in [6, 6.07) is 5.53. The van der Waals surface area contributed by atoms with Gasteiger partial charge in [-0.3, -0.25) is 0 Å². The van der Waals surface area contributed by atoms with Crippen molar-refractivity contribution in [2.75, 3.05) is 0 Å². The number of halogens is 2. The summed E-state index contributed by atoms with van der Waals surface area (Å²) in [5.41, 5.74) is 2.40. The lowest BCUT2D eigenvalue weighted by atomic mass is 10.1. The van der Waals surface area contributed by atoms with Gasteiger partial charge in [0, 0.05) is 27.5 Å². The highest BCUT2D eigenvalue weighted by molar-refractivity contribution is 9.10. The van der Waals surface area contributed by atoms with Crippen LogP contribution in [0.2, 0.25) is 5.02 Å². The molecule has 0 fully saturated rings. The molecule has 1 aromatic carbocycles. The van der Waals surface area contributed by atoms with Gasteiger partial charge in [0.05, 0.1) is 11.1 Å². The molecule has 1 atom stereocenters. The second kappa shape index (κ2) is 5.34. The molecule has 0 aliphatic carbocycles. The Morgan fingerprint density at radius 1 is 1.39 bits per heavy atom. The van der Waals surface area contributed by atoms with Crippen molar-refractivity contribution >= 4 is 27.5 Å². The first-order valence-corrected chi connectivity index (χ1v) is 6.63. The lowest BCUT2D eigenvalue weighted by Gasteiger charge is -2.09. The van der Waals surface area contributed by atoms with E-state index in [0.29, 0.717) is 10.8 Å². The Balaban J connectivity index is 2.45. The fourth-order valence-electron chi connectivity index (χ4n) is 1.66. The first-order valence-electron chi connectivity index (χ1n) is 5.46. The molecule has 0 unspecified atom stereocenters. The Morgan fingerprint density at radius 2 is 2.11 bits per heavy atom. The highest BCUT2D eigenvalue weighted by Crippen LogP contribution is 2.27. The molecule has 2 aromatic rings. The summed E-state index contributed by atoms with van der Waals surface area (Å²) in [4.78, 5) is 8.67. The van der Waals surface area contributed by atoms with Gasteiger partial charge in [0.25, 0.3) is 0 Å². The third-order valence-electron chi connectivity index (χ3n) is 2.65. The molecule has 1 heterocycles. The maximum atomic E-state index is 9.54. The number of aromatic nitrogens is 2. The minimum atomic E-state index is -0.559. The smallest absolute Gasteiger partial charge is 0.159 e. The Kier molecular flexibility index (Phi) is 4.00. The van der Waals surface area contributed by atoms with Crippen molar-refractivity contribution in [2.45, 2.75) is 20.0 Å². The molecule has 0 aliphatic heterocycles. The summed E-state index contributed by atoms with van der Waals surface area (Å²) >= 11 is 9.32. The van der Waals surface area contributed by atoms with E-state index in [0.717, 1.165) is 21.3 Å². The largest absolute Gasteiger partial charge is 0.389 e. The van der Waals surface area contributed by atoms with Crippen LogP contribution in [0.3, 0.4) is 0 Å². The minimum absolute atomic E-state index is 0.559. The standard InChI is InChI=1S/C13H12BrClN2O/c1-7-10(8(2)18)6-16-13(17-7)9-3-4-12(15)11(14)5-9/h3-6,8,18H,1-2H3/t8-/m0/s1. The zero-order chi connectivity index (χ0) is 13.3. The van der Waals surface area contributed by atoms with Crippen LogP contribution in [0.4, 0.5) is 0 Å². The summed E-state index contributed by atoms with van der Waals surface area (Å²) in [5.74, 6) is 0.620. The number of benzene rings is 1. The Morgan fingerprint density at radius 3 is 2.67 bits per heavy atom. The Labute approximate surface area is 119 Å². The van der Waals surface area contributed by atoms with E-state index in [1.54, 1.807) is 19.2 Å². The normalized spacial score (nSPS) is 12.5. The quantitative estimate of drug-likeness (QED) is 0.909. The van der Waals surface area contributed by atoms with Crippen LogP contribution in [0, 0.1) is 6.92 Å². The maximum Gasteiger partial charge on any atom is 0.159 e. The summed E-state index contributed by atoms with van der Waals surface area (Å²) in [6.45, 7) is 3.56. The number of aliphatic hydroxyl groups is 1. The van der Waals surface area contributed by atoms with Crippen molar-refractivity contribution in [1.82, 2.24) is 9.97 Å².